The number of para-hydroxylation sites is 1. The van der Waals surface area contributed by atoms with Gasteiger partial charge >= 0.3 is 0 Å². The Labute approximate surface area is 129 Å². The second-order valence-corrected chi connectivity index (χ2v) is 6.03. The fourth-order valence-corrected chi connectivity index (χ4v) is 3.52. The van der Waals surface area contributed by atoms with Gasteiger partial charge < -0.3 is 9.88 Å². The maximum absolute atomic E-state index is 6.18. The predicted octanol–water partition coefficient (Wildman–Crippen LogP) is 4.03. The second kappa shape index (κ2) is 5.21. The number of hydrogen-bond donors (Lipinski definition) is 1. The number of hydrogen-bond acceptors (Lipinski definition) is 1. The monoisotopic (exact) mass is 296 g/mol. The molecular formula is C18H17ClN2. The van der Waals surface area contributed by atoms with Gasteiger partial charge in [0.25, 0.3) is 0 Å². The number of rotatable bonds is 1. The first kappa shape index (κ1) is 12.9. The van der Waals surface area contributed by atoms with Crippen LogP contribution in [0.15, 0.2) is 54.6 Å². The smallest absolute Gasteiger partial charge is 0.0483 e. The number of halogens is 1. The van der Waals surface area contributed by atoms with Crippen molar-refractivity contribution in [3.63, 3.8) is 0 Å². The van der Waals surface area contributed by atoms with E-state index in [0.717, 1.165) is 24.7 Å². The third-order valence-corrected chi connectivity index (χ3v) is 4.55. The lowest BCUT2D eigenvalue weighted by molar-refractivity contribution is 0.646. The molecule has 2 heterocycles. The van der Waals surface area contributed by atoms with Gasteiger partial charge in [0, 0.05) is 41.8 Å². The van der Waals surface area contributed by atoms with Gasteiger partial charge in [0.05, 0.1) is 0 Å². The van der Waals surface area contributed by atoms with E-state index in [2.05, 4.69) is 52.3 Å². The summed E-state index contributed by atoms with van der Waals surface area (Å²) in [6.07, 6.45) is 0. The third kappa shape index (κ3) is 2.25. The molecule has 0 radical (unpaired) electrons. The topological polar surface area (TPSA) is 17.0 Å². The standard InChI is InChI=1S/C18H17ClN2/c19-15-6-3-5-13(10-15)16-12-20-8-9-21-17-7-2-1-4-14(17)11-18(16)21/h1-7,10-11,16,20H,8-9,12H2. The van der Waals surface area contributed by atoms with Crippen molar-refractivity contribution in [2.24, 2.45) is 0 Å². The highest BCUT2D eigenvalue weighted by atomic mass is 35.5. The number of nitrogens with one attached hydrogen (secondary N) is 1. The molecule has 1 N–H and O–H groups in total. The van der Waals surface area contributed by atoms with E-state index < -0.39 is 0 Å². The van der Waals surface area contributed by atoms with E-state index in [-0.39, 0.29) is 0 Å². The summed E-state index contributed by atoms with van der Waals surface area (Å²) in [6.45, 7) is 2.97. The van der Waals surface area contributed by atoms with E-state index in [9.17, 15) is 0 Å². The summed E-state index contributed by atoms with van der Waals surface area (Å²) >= 11 is 6.18. The Bertz CT molecular complexity index is 791. The number of nitrogens with zero attached hydrogens (tertiary/aromatic N) is 1. The highest BCUT2D eigenvalue weighted by Gasteiger charge is 2.22. The normalized spacial score (nSPS) is 18.4. The Hall–Kier alpha value is -1.77. The summed E-state index contributed by atoms with van der Waals surface area (Å²) in [5.41, 5.74) is 3.98. The summed E-state index contributed by atoms with van der Waals surface area (Å²) in [6, 6.07) is 19.2. The molecule has 1 aromatic heterocycles. The average Bonchev–Trinajstić information content (AvgIpc) is 2.73. The highest BCUT2D eigenvalue weighted by Crippen LogP contribution is 2.32. The van der Waals surface area contributed by atoms with Crippen LogP contribution in [0, 0.1) is 0 Å². The second-order valence-electron chi connectivity index (χ2n) is 5.59. The largest absolute Gasteiger partial charge is 0.343 e. The molecular weight excluding hydrogens is 280 g/mol. The molecule has 21 heavy (non-hydrogen) atoms. The molecule has 0 saturated heterocycles. The van der Waals surface area contributed by atoms with Crippen LogP contribution in [0.4, 0.5) is 0 Å². The molecule has 1 unspecified atom stereocenters. The minimum atomic E-state index is 0.346. The highest BCUT2D eigenvalue weighted by molar-refractivity contribution is 6.30. The van der Waals surface area contributed by atoms with E-state index in [1.807, 2.05) is 12.1 Å². The van der Waals surface area contributed by atoms with Crippen molar-refractivity contribution in [2.75, 3.05) is 13.1 Å². The lowest BCUT2D eigenvalue weighted by Crippen LogP contribution is -2.21. The van der Waals surface area contributed by atoms with Crippen LogP contribution in [0.1, 0.15) is 17.2 Å². The van der Waals surface area contributed by atoms with Crippen molar-refractivity contribution in [3.8, 4) is 0 Å². The zero-order valence-electron chi connectivity index (χ0n) is 11.7. The van der Waals surface area contributed by atoms with Crippen LogP contribution in [-0.2, 0) is 6.54 Å². The van der Waals surface area contributed by atoms with E-state index in [1.165, 1.54) is 22.2 Å². The minimum Gasteiger partial charge on any atom is -0.343 e. The van der Waals surface area contributed by atoms with Gasteiger partial charge in [-0.3, -0.25) is 0 Å². The van der Waals surface area contributed by atoms with Crippen LogP contribution < -0.4 is 5.32 Å². The minimum absolute atomic E-state index is 0.346. The van der Waals surface area contributed by atoms with Crippen molar-refractivity contribution in [3.05, 3.63) is 70.9 Å². The van der Waals surface area contributed by atoms with Crippen LogP contribution in [0.5, 0.6) is 0 Å². The lowest BCUT2D eigenvalue weighted by Gasteiger charge is -2.17. The first-order chi connectivity index (χ1) is 10.3. The van der Waals surface area contributed by atoms with Gasteiger partial charge in [-0.2, -0.15) is 0 Å². The van der Waals surface area contributed by atoms with Crippen LogP contribution in [0.25, 0.3) is 10.9 Å². The molecule has 1 aliphatic heterocycles. The summed E-state index contributed by atoms with van der Waals surface area (Å²) < 4.78 is 2.45. The van der Waals surface area contributed by atoms with Crippen LogP contribution in [-0.4, -0.2) is 17.7 Å². The van der Waals surface area contributed by atoms with Gasteiger partial charge in [0.15, 0.2) is 0 Å². The van der Waals surface area contributed by atoms with Gasteiger partial charge in [-0.05, 0) is 35.2 Å². The molecule has 0 amide bonds. The molecule has 0 spiro atoms. The maximum Gasteiger partial charge on any atom is 0.0483 e. The molecule has 3 aromatic rings. The molecule has 0 bridgehead atoms. The zero-order valence-corrected chi connectivity index (χ0v) is 12.5. The van der Waals surface area contributed by atoms with Crippen molar-refractivity contribution >= 4 is 22.5 Å². The van der Waals surface area contributed by atoms with Gasteiger partial charge in [-0.1, -0.05) is 41.9 Å². The van der Waals surface area contributed by atoms with Crippen LogP contribution in [0.3, 0.4) is 0 Å². The summed E-state index contributed by atoms with van der Waals surface area (Å²) in [7, 11) is 0. The zero-order chi connectivity index (χ0) is 14.2. The van der Waals surface area contributed by atoms with Gasteiger partial charge in [0.2, 0.25) is 0 Å². The van der Waals surface area contributed by atoms with Crippen molar-refractivity contribution < 1.29 is 0 Å². The van der Waals surface area contributed by atoms with Crippen molar-refractivity contribution in [1.82, 2.24) is 9.88 Å². The van der Waals surface area contributed by atoms with E-state index >= 15 is 0 Å². The fraction of sp³-hybridized carbons (Fsp3) is 0.222. The first-order valence-corrected chi connectivity index (χ1v) is 7.75. The Morgan fingerprint density at radius 2 is 1.95 bits per heavy atom. The Morgan fingerprint density at radius 1 is 1.05 bits per heavy atom. The molecule has 2 aromatic carbocycles. The SMILES string of the molecule is Clc1cccc(C2CNCCn3c2cc2ccccc23)c1. The van der Waals surface area contributed by atoms with Crippen molar-refractivity contribution in [1.29, 1.82) is 0 Å². The molecule has 3 heteroatoms. The molecule has 2 nitrogen and oxygen atoms in total. The average molecular weight is 297 g/mol. The molecule has 0 saturated carbocycles. The van der Waals surface area contributed by atoms with Crippen molar-refractivity contribution in [2.45, 2.75) is 12.5 Å². The Morgan fingerprint density at radius 3 is 2.86 bits per heavy atom. The molecule has 0 aliphatic carbocycles. The number of aromatic nitrogens is 1. The Kier molecular flexibility index (Phi) is 3.21. The molecule has 1 aliphatic rings. The van der Waals surface area contributed by atoms with Crippen LogP contribution >= 0.6 is 11.6 Å². The number of benzene rings is 2. The van der Waals surface area contributed by atoms with Gasteiger partial charge in [0.1, 0.15) is 0 Å². The summed E-state index contributed by atoms with van der Waals surface area (Å²) in [5.74, 6) is 0.346. The quantitative estimate of drug-likeness (QED) is 0.717. The van der Waals surface area contributed by atoms with Gasteiger partial charge in [-0.15, -0.1) is 0 Å². The molecule has 1 atom stereocenters. The first-order valence-electron chi connectivity index (χ1n) is 7.37. The molecule has 4 rings (SSSR count). The lowest BCUT2D eigenvalue weighted by atomic mass is 9.95. The number of fused-ring (bicyclic) bond motifs is 3. The maximum atomic E-state index is 6.18. The Balaban J connectivity index is 1.90. The van der Waals surface area contributed by atoms with E-state index in [0.29, 0.717) is 5.92 Å². The fourth-order valence-electron chi connectivity index (χ4n) is 3.32. The molecule has 0 fully saturated rings. The third-order valence-electron chi connectivity index (χ3n) is 4.31. The van der Waals surface area contributed by atoms with Crippen LogP contribution in [0.2, 0.25) is 5.02 Å². The van der Waals surface area contributed by atoms with E-state index in [1.54, 1.807) is 0 Å². The predicted molar refractivity (Wildman–Crippen MR) is 88.1 cm³/mol. The molecule has 106 valence electrons. The van der Waals surface area contributed by atoms with E-state index in [4.69, 9.17) is 11.6 Å². The summed E-state index contributed by atoms with van der Waals surface area (Å²) in [4.78, 5) is 0. The van der Waals surface area contributed by atoms with Gasteiger partial charge in [-0.25, -0.2) is 0 Å². The summed E-state index contributed by atoms with van der Waals surface area (Å²) in [5, 5.41) is 5.67.